The third-order valence-corrected chi connectivity index (χ3v) is 3.91. The van der Waals surface area contributed by atoms with Crippen molar-refractivity contribution in [1.29, 1.82) is 0 Å². The quantitative estimate of drug-likeness (QED) is 0.650. The van der Waals surface area contributed by atoms with Gasteiger partial charge in [0.2, 0.25) is 0 Å². The van der Waals surface area contributed by atoms with Crippen LogP contribution in [0.1, 0.15) is 40.0 Å². The lowest BCUT2D eigenvalue weighted by molar-refractivity contribution is 0.0379. The van der Waals surface area contributed by atoms with Crippen molar-refractivity contribution in [2.45, 2.75) is 51.6 Å². The molecule has 1 fully saturated rings. The molecular weight excluding hydrogens is 240 g/mol. The van der Waals surface area contributed by atoms with Gasteiger partial charge in [-0.1, -0.05) is 13.3 Å². The zero-order valence-electron chi connectivity index (χ0n) is 13.2. The van der Waals surface area contributed by atoms with Crippen LogP contribution in [0, 0.1) is 0 Å². The minimum atomic E-state index is 0.261. The zero-order chi connectivity index (χ0) is 14.1. The molecule has 1 rings (SSSR count). The van der Waals surface area contributed by atoms with Crippen LogP contribution in [-0.4, -0.2) is 63.0 Å². The maximum atomic E-state index is 5.54. The van der Waals surface area contributed by atoms with E-state index < -0.39 is 0 Å². The van der Waals surface area contributed by atoms with Gasteiger partial charge in [0.25, 0.3) is 0 Å². The van der Waals surface area contributed by atoms with E-state index in [0.717, 1.165) is 26.1 Å². The molecule has 1 aliphatic heterocycles. The Bertz CT molecular complexity index is 234. The van der Waals surface area contributed by atoms with Crippen LogP contribution in [0.15, 0.2) is 0 Å². The minimum absolute atomic E-state index is 0.261. The molecule has 0 bridgehead atoms. The average Bonchev–Trinajstić information content (AvgIpc) is 2.37. The molecule has 0 spiro atoms. The van der Waals surface area contributed by atoms with Crippen molar-refractivity contribution in [2.75, 3.05) is 46.6 Å². The highest BCUT2D eigenvalue weighted by Crippen LogP contribution is 2.20. The van der Waals surface area contributed by atoms with Gasteiger partial charge in [-0.25, -0.2) is 0 Å². The first kappa shape index (κ1) is 16.9. The van der Waals surface area contributed by atoms with Gasteiger partial charge in [-0.05, 0) is 26.7 Å². The molecule has 0 aromatic rings. The fraction of sp³-hybridized carbons (Fsp3) is 1.00. The van der Waals surface area contributed by atoms with Crippen LogP contribution in [-0.2, 0) is 9.47 Å². The second-order valence-corrected chi connectivity index (χ2v) is 6.08. The van der Waals surface area contributed by atoms with Gasteiger partial charge in [0.15, 0.2) is 0 Å². The summed E-state index contributed by atoms with van der Waals surface area (Å²) in [5.41, 5.74) is 0.261. The Hall–Kier alpha value is -0.160. The van der Waals surface area contributed by atoms with Gasteiger partial charge in [-0.15, -0.1) is 0 Å². The van der Waals surface area contributed by atoms with Crippen molar-refractivity contribution in [3.63, 3.8) is 0 Å². The summed E-state index contributed by atoms with van der Waals surface area (Å²) in [5.74, 6) is 0. The summed E-state index contributed by atoms with van der Waals surface area (Å²) < 4.78 is 10.5. The molecule has 1 heterocycles. The monoisotopic (exact) mass is 272 g/mol. The molecule has 114 valence electrons. The smallest absolute Gasteiger partial charge is 0.0700 e. The Morgan fingerprint density at radius 3 is 2.74 bits per heavy atom. The number of hydrogen-bond acceptors (Lipinski definition) is 4. The number of nitrogens with zero attached hydrogens (tertiary/aromatic N) is 1. The van der Waals surface area contributed by atoms with Crippen LogP contribution in [0.3, 0.4) is 0 Å². The van der Waals surface area contributed by atoms with E-state index in [4.69, 9.17) is 9.47 Å². The Labute approximate surface area is 118 Å². The SMILES string of the molecule is CCCC1CN(CCCOCCOC)C(C)(C)CN1. The van der Waals surface area contributed by atoms with E-state index in [9.17, 15) is 0 Å². The van der Waals surface area contributed by atoms with Crippen molar-refractivity contribution >= 4 is 0 Å². The summed E-state index contributed by atoms with van der Waals surface area (Å²) in [5, 5.41) is 3.67. The van der Waals surface area contributed by atoms with Crippen LogP contribution in [0.4, 0.5) is 0 Å². The normalized spacial score (nSPS) is 23.7. The lowest BCUT2D eigenvalue weighted by Crippen LogP contribution is -2.62. The largest absolute Gasteiger partial charge is 0.382 e. The molecule has 0 aromatic heterocycles. The molecule has 0 amide bonds. The number of methoxy groups -OCH3 is 1. The summed E-state index contributed by atoms with van der Waals surface area (Å²) >= 11 is 0. The minimum Gasteiger partial charge on any atom is -0.382 e. The zero-order valence-corrected chi connectivity index (χ0v) is 13.2. The predicted octanol–water partition coefficient (Wildman–Crippen LogP) is 1.89. The second kappa shape index (κ2) is 8.90. The molecule has 1 saturated heterocycles. The second-order valence-electron chi connectivity index (χ2n) is 6.08. The lowest BCUT2D eigenvalue weighted by Gasteiger charge is -2.46. The number of nitrogens with one attached hydrogen (secondary N) is 1. The van der Waals surface area contributed by atoms with E-state index in [-0.39, 0.29) is 5.54 Å². The third kappa shape index (κ3) is 6.21. The first-order valence-corrected chi connectivity index (χ1v) is 7.65. The number of piperazine rings is 1. The Morgan fingerprint density at radius 2 is 2.05 bits per heavy atom. The average molecular weight is 272 g/mol. The molecule has 1 unspecified atom stereocenters. The van der Waals surface area contributed by atoms with Crippen molar-refractivity contribution in [3.05, 3.63) is 0 Å². The fourth-order valence-electron chi connectivity index (χ4n) is 2.62. The van der Waals surface area contributed by atoms with E-state index in [1.807, 2.05) is 0 Å². The molecule has 1 atom stereocenters. The van der Waals surface area contributed by atoms with E-state index in [1.165, 1.54) is 19.4 Å². The number of rotatable bonds is 9. The van der Waals surface area contributed by atoms with Crippen LogP contribution in [0.25, 0.3) is 0 Å². The van der Waals surface area contributed by atoms with E-state index >= 15 is 0 Å². The van der Waals surface area contributed by atoms with E-state index in [0.29, 0.717) is 19.3 Å². The van der Waals surface area contributed by atoms with E-state index in [2.05, 4.69) is 31.0 Å². The first-order chi connectivity index (χ1) is 9.10. The number of hydrogen-bond donors (Lipinski definition) is 1. The predicted molar refractivity (Wildman–Crippen MR) is 79.7 cm³/mol. The third-order valence-electron chi connectivity index (χ3n) is 3.91. The van der Waals surface area contributed by atoms with Gasteiger partial charge >= 0.3 is 0 Å². The molecule has 0 saturated carbocycles. The van der Waals surface area contributed by atoms with Gasteiger partial charge in [0.05, 0.1) is 13.2 Å². The van der Waals surface area contributed by atoms with Crippen LogP contribution >= 0.6 is 0 Å². The van der Waals surface area contributed by atoms with E-state index in [1.54, 1.807) is 7.11 Å². The summed E-state index contributed by atoms with van der Waals surface area (Å²) in [6.07, 6.45) is 3.63. The molecule has 1 aliphatic rings. The molecule has 19 heavy (non-hydrogen) atoms. The molecule has 4 nitrogen and oxygen atoms in total. The number of ether oxygens (including phenoxy) is 2. The maximum absolute atomic E-state index is 5.54. The molecular formula is C15H32N2O2. The van der Waals surface area contributed by atoms with Crippen molar-refractivity contribution < 1.29 is 9.47 Å². The Morgan fingerprint density at radius 1 is 1.26 bits per heavy atom. The van der Waals surface area contributed by atoms with Gasteiger partial charge < -0.3 is 14.8 Å². The van der Waals surface area contributed by atoms with Crippen molar-refractivity contribution in [2.24, 2.45) is 0 Å². The highest BCUT2D eigenvalue weighted by atomic mass is 16.5. The highest BCUT2D eigenvalue weighted by molar-refractivity contribution is 4.92. The molecule has 0 radical (unpaired) electrons. The summed E-state index contributed by atoms with van der Waals surface area (Å²) in [6, 6.07) is 0.660. The summed E-state index contributed by atoms with van der Waals surface area (Å²) in [6.45, 7) is 12.5. The summed E-state index contributed by atoms with van der Waals surface area (Å²) in [7, 11) is 1.71. The lowest BCUT2D eigenvalue weighted by atomic mass is 9.95. The standard InChI is InChI=1S/C15H32N2O2/c1-5-7-14-12-17(15(2,3)13-16-14)8-6-9-19-11-10-18-4/h14,16H,5-13H2,1-4H3. The Kier molecular flexibility index (Phi) is 7.91. The maximum Gasteiger partial charge on any atom is 0.0700 e. The van der Waals surface area contributed by atoms with Gasteiger partial charge in [-0.2, -0.15) is 0 Å². The van der Waals surface area contributed by atoms with Crippen molar-refractivity contribution in [1.82, 2.24) is 10.2 Å². The fourth-order valence-corrected chi connectivity index (χ4v) is 2.62. The van der Waals surface area contributed by atoms with Crippen molar-refractivity contribution in [3.8, 4) is 0 Å². The van der Waals surface area contributed by atoms with Gasteiger partial charge in [-0.3, -0.25) is 4.90 Å². The van der Waals surface area contributed by atoms with Crippen LogP contribution < -0.4 is 5.32 Å². The first-order valence-electron chi connectivity index (χ1n) is 7.65. The topological polar surface area (TPSA) is 33.7 Å². The Balaban J connectivity index is 2.23. The van der Waals surface area contributed by atoms with Gasteiger partial charge in [0.1, 0.15) is 0 Å². The molecule has 0 aliphatic carbocycles. The van der Waals surface area contributed by atoms with Crippen LogP contribution in [0.5, 0.6) is 0 Å². The molecule has 4 heteroatoms. The molecule has 0 aromatic carbocycles. The highest BCUT2D eigenvalue weighted by Gasteiger charge is 2.32. The molecule has 1 N–H and O–H groups in total. The van der Waals surface area contributed by atoms with Crippen LogP contribution in [0.2, 0.25) is 0 Å². The van der Waals surface area contributed by atoms with Gasteiger partial charge in [0, 0.05) is 44.9 Å². The summed E-state index contributed by atoms with van der Waals surface area (Å²) in [4.78, 5) is 2.61.